The topological polar surface area (TPSA) is 74.3 Å². The number of benzene rings is 1. The molecule has 0 aromatic heterocycles. The van der Waals surface area contributed by atoms with E-state index in [1.54, 1.807) is 38.0 Å². The molecule has 0 aliphatic heterocycles. The number of hydrogen-bond acceptors (Lipinski definition) is 7. The van der Waals surface area contributed by atoms with Gasteiger partial charge in [-0.15, -0.1) is 0 Å². The van der Waals surface area contributed by atoms with Crippen LogP contribution in [-0.4, -0.2) is 41.7 Å². The van der Waals surface area contributed by atoms with Gasteiger partial charge >= 0.3 is 13.6 Å². The third-order valence-electron chi connectivity index (χ3n) is 5.12. The number of esters is 1. The van der Waals surface area contributed by atoms with Gasteiger partial charge in [-0.1, -0.05) is 53.7 Å². The molecule has 0 aliphatic rings. The molecule has 0 heterocycles. The Kier molecular flexibility index (Phi) is 10.6. The van der Waals surface area contributed by atoms with Gasteiger partial charge in [-0.2, -0.15) is 5.06 Å². The maximum Gasteiger partial charge on any atom is 0.350 e. The van der Waals surface area contributed by atoms with Crippen molar-refractivity contribution in [3.63, 3.8) is 0 Å². The highest BCUT2D eigenvalue weighted by Gasteiger charge is 2.52. The summed E-state index contributed by atoms with van der Waals surface area (Å²) in [4.78, 5) is 19.1. The standard InChI is InChI=1S/C26H46NO6P/c1-13-30-34(29,31-14-2)23(25(7,8)9)27(26(10,11)12)33-19(3)22(28)32-21-17-15-20(16-18-21)24(4,5)6/h15-19,23H,13-14H2,1-12H3. The van der Waals surface area contributed by atoms with Gasteiger partial charge in [0.1, 0.15) is 11.5 Å². The van der Waals surface area contributed by atoms with Crippen molar-refractivity contribution in [2.24, 2.45) is 5.41 Å². The Morgan fingerprint density at radius 2 is 1.38 bits per heavy atom. The Bertz CT molecular complexity index is 823. The summed E-state index contributed by atoms with van der Waals surface area (Å²) in [5, 5.41) is 1.59. The number of rotatable bonds is 10. The van der Waals surface area contributed by atoms with E-state index >= 15 is 0 Å². The highest BCUT2D eigenvalue weighted by atomic mass is 31.2. The van der Waals surface area contributed by atoms with E-state index in [1.165, 1.54) is 0 Å². The highest BCUT2D eigenvalue weighted by molar-refractivity contribution is 7.54. The number of carbonyl (C=O) groups is 1. The third kappa shape index (κ3) is 8.46. The molecule has 196 valence electrons. The Hall–Kier alpha value is -1.24. The van der Waals surface area contributed by atoms with Crippen molar-refractivity contribution < 1.29 is 28.0 Å². The summed E-state index contributed by atoms with van der Waals surface area (Å²) in [7, 11) is -3.63. The van der Waals surface area contributed by atoms with Crippen LogP contribution in [0.25, 0.3) is 0 Å². The molecule has 1 rings (SSSR count). The van der Waals surface area contributed by atoms with Crippen LogP contribution in [0.3, 0.4) is 0 Å². The van der Waals surface area contributed by atoms with Crippen molar-refractivity contribution in [2.75, 3.05) is 13.2 Å². The largest absolute Gasteiger partial charge is 0.425 e. The highest BCUT2D eigenvalue weighted by Crippen LogP contribution is 2.60. The molecular weight excluding hydrogens is 453 g/mol. The fourth-order valence-electron chi connectivity index (χ4n) is 3.51. The molecule has 2 unspecified atom stereocenters. The van der Waals surface area contributed by atoms with Gasteiger partial charge in [-0.25, -0.2) is 4.79 Å². The fraction of sp³-hybridized carbons (Fsp3) is 0.731. The maximum absolute atomic E-state index is 13.9. The minimum Gasteiger partial charge on any atom is -0.425 e. The summed E-state index contributed by atoms with van der Waals surface area (Å²) in [5.41, 5.74) is -0.0286. The van der Waals surface area contributed by atoms with Gasteiger partial charge in [0.15, 0.2) is 6.10 Å². The van der Waals surface area contributed by atoms with Crippen LogP contribution in [0.5, 0.6) is 5.75 Å². The van der Waals surface area contributed by atoms with E-state index in [1.807, 2.05) is 53.7 Å². The van der Waals surface area contributed by atoms with Gasteiger partial charge in [0, 0.05) is 5.54 Å². The lowest BCUT2D eigenvalue weighted by Crippen LogP contribution is -2.55. The molecule has 0 saturated heterocycles. The molecule has 0 fully saturated rings. The second-order valence-corrected chi connectivity index (χ2v) is 13.6. The van der Waals surface area contributed by atoms with E-state index in [2.05, 4.69) is 20.8 Å². The van der Waals surface area contributed by atoms with E-state index < -0.39 is 36.4 Å². The fourth-order valence-corrected chi connectivity index (χ4v) is 6.19. The Balaban J connectivity index is 3.22. The molecule has 0 radical (unpaired) electrons. The van der Waals surface area contributed by atoms with Gasteiger partial charge in [0.2, 0.25) is 0 Å². The maximum atomic E-state index is 13.9. The lowest BCUT2D eigenvalue weighted by atomic mass is 9.87. The number of carbonyl (C=O) groups excluding carboxylic acids is 1. The monoisotopic (exact) mass is 499 g/mol. The van der Waals surface area contributed by atoms with Crippen molar-refractivity contribution in [3.8, 4) is 5.75 Å². The summed E-state index contributed by atoms with van der Waals surface area (Å²) in [6, 6.07) is 7.46. The molecule has 7 nitrogen and oxygen atoms in total. The third-order valence-corrected chi connectivity index (χ3v) is 7.94. The van der Waals surface area contributed by atoms with Crippen LogP contribution < -0.4 is 4.74 Å². The molecule has 2 atom stereocenters. The minimum absolute atomic E-state index is 0.00315. The molecule has 0 spiro atoms. The van der Waals surface area contributed by atoms with Crippen molar-refractivity contribution in [2.45, 2.75) is 106 Å². The van der Waals surface area contributed by atoms with E-state index in [9.17, 15) is 9.36 Å². The molecule has 0 aliphatic carbocycles. The first-order valence-corrected chi connectivity index (χ1v) is 13.6. The lowest BCUT2D eigenvalue weighted by Gasteiger charge is -2.47. The molecule has 0 bridgehead atoms. The number of hydroxylamine groups is 2. The van der Waals surface area contributed by atoms with Crippen LogP contribution in [0.4, 0.5) is 0 Å². The van der Waals surface area contributed by atoms with Gasteiger partial charge < -0.3 is 13.8 Å². The van der Waals surface area contributed by atoms with Crippen molar-refractivity contribution >= 4 is 13.6 Å². The predicted molar refractivity (Wildman–Crippen MR) is 137 cm³/mol. The van der Waals surface area contributed by atoms with Gasteiger partial charge in [0.05, 0.1) is 13.2 Å². The second kappa shape index (κ2) is 11.7. The first-order chi connectivity index (χ1) is 15.4. The molecule has 8 heteroatoms. The van der Waals surface area contributed by atoms with Crippen LogP contribution in [0.1, 0.15) is 88.6 Å². The zero-order valence-electron chi connectivity index (χ0n) is 23.2. The Morgan fingerprint density at radius 1 is 0.912 bits per heavy atom. The molecule has 1 aromatic carbocycles. The molecule has 0 amide bonds. The summed E-state index contributed by atoms with van der Waals surface area (Å²) in [5.74, 6) is -0.869. The average Bonchev–Trinajstić information content (AvgIpc) is 2.65. The summed E-state index contributed by atoms with van der Waals surface area (Å²) in [6.45, 7) is 23.6. The van der Waals surface area contributed by atoms with Crippen molar-refractivity contribution in [3.05, 3.63) is 29.8 Å². The zero-order valence-corrected chi connectivity index (χ0v) is 24.1. The molecule has 0 N–H and O–H groups in total. The first kappa shape index (κ1) is 30.8. The molecular formula is C26H46NO6P. The van der Waals surface area contributed by atoms with Crippen LogP contribution in [0.15, 0.2) is 24.3 Å². The van der Waals surface area contributed by atoms with Crippen LogP contribution in [0, 0.1) is 5.41 Å². The quantitative estimate of drug-likeness (QED) is 0.149. The normalized spacial score (nSPS) is 15.3. The minimum atomic E-state index is -3.63. The van der Waals surface area contributed by atoms with E-state index in [0.717, 1.165) is 5.56 Å². The number of ether oxygens (including phenoxy) is 1. The van der Waals surface area contributed by atoms with Gasteiger partial charge in [-0.3, -0.25) is 9.40 Å². The predicted octanol–water partition coefficient (Wildman–Crippen LogP) is 6.95. The Morgan fingerprint density at radius 3 is 1.74 bits per heavy atom. The summed E-state index contributed by atoms with van der Waals surface area (Å²) in [6.07, 6.45) is -0.955. The van der Waals surface area contributed by atoms with Crippen LogP contribution >= 0.6 is 7.60 Å². The van der Waals surface area contributed by atoms with E-state index in [-0.39, 0.29) is 18.6 Å². The smallest absolute Gasteiger partial charge is 0.350 e. The van der Waals surface area contributed by atoms with E-state index in [0.29, 0.717) is 5.75 Å². The van der Waals surface area contributed by atoms with Gasteiger partial charge in [0.25, 0.3) is 0 Å². The molecule has 34 heavy (non-hydrogen) atoms. The first-order valence-electron chi connectivity index (χ1n) is 12.0. The van der Waals surface area contributed by atoms with Crippen molar-refractivity contribution in [1.82, 2.24) is 5.06 Å². The van der Waals surface area contributed by atoms with Crippen LogP contribution in [0.2, 0.25) is 0 Å². The van der Waals surface area contributed by atoms with E-state index in [4.69, 9.17) is 18.6 Å². The van der Waals surface area contributed by atoms with Gasteiger partial charge in [-0.05, 0) is 70.1 Å². The molecule has 1 aromatic rings. The van der Waals surface area contributed by atoms with Crippen LogP contribution in [-0.2, 0) is 28.7 Å². The lowest BCUT2D eigenvalue weighted by molar-refractivity contribution is -0.261. The molecule has 0 saturated carbocycles. The summed E-state index contributed by atoms with van der Waals surface area (Å²) < 4.78 is 30.9. The number of hydrogen-bond donors (Lipinski definition) is 0. The van der Waals surface area contributed by atoms with Crippen molar-refractivity contribution in [1.29, 1.82) is 0 Å². The zero-order chi connectivity index (χ0) is 26.5. The average molecular weight is 500 g/mol. The summed E-state index contributed by atoms with van der Waals surface area (Å²) >= 11 is 0. The second-order valence-electron chi connectivity index (χ2n) is 11.6. The SMILES string of the molecule is CCOP(=O)(OCC)C(N(OC(C)C(=O)Oc1ccc(C(C)(C)C)cc1)C(C)(C)C)C(C)(C)C. The number of nitrogens with zero attached hydrogens (tertiary/aromatic N) is 1. The Labute approximate surface area is 207 Å².